The summed E-state index contributed by atoms with van der Waals surface area (Å²) in [6.45, 7) is 3.54. The molecular formula is C11H12ClIN2O. The normalized spacial score (nSPS) is 11.9. The third-order valence-electron chi connectivity index (χ3n) is 1.95. The molecule has 0 aromatic heterocycles. The van der Waals surface area contributed by atoms with E-state index in [0.29, 0.717) is 11.4 Å². The Labute approximate surface area is 113 Å². The van der Waals surface area contributed by atoms with Crippen LogP contribution in [0.4, 0.5) is 5.69 Å². The average molecular weight is 351 g/mol. The summed E-state index contributed by atoms with van der Waals surface area (Å²) < 4.78 is 0.879. The van der Waals surface area contributed by atoms with E-state index in [1.165, 1.54) is 0 Å². The minimum Gasteiger partial charge on any atom is -0.324 e. The Kier molecular flexibility index (Phi) is 5.24. The third-order valence-corrected chi connectivity index (χ3v) is 3.07. The van der Waals surface area contributed by atoms with Crippen LogP contribution in [0.25, 0.3) is 0 Å². The van der Waals surface area contributed by atoms with Crippen LogP contribution in [0.15, 0.2) is 30.9 Å². The Morgan fingerprint density at radius 2 is 2.38 bits per heavy atom. The number of nitrogens with one attached hydrogen (secondary N) is 1. The largest absolute Gasteiger partial charge is 0.324 e. The van der Waals surface area contributed by atoms with Crippen molar-refractivity contribution in [3.8, 4) is 0 Å². The van der Waals surface area contributed by atoms with Crippen LogP contribution in [-0.4, -0.2) is 11.9 Å². The van der Waals surface area contributed by atoms with E-state index in [1.54, 1.807) is 24.3 Å². The molecule has 1 rings (SSSR count). The fourth-order valence-corrected chi connectivity index (χ4v) is 2.11. The van der Waals surface area contributed by atoms with Gasteiger partial charge in [0.25, 0.3) is 0 Å². The number of hydrogen-bond acceptors (Lipinski definition) is 2. The van der Waals surface area contributed by atoms with E-state index in [2.05, 4.69) is 34.5 Å². The molecule has 1 unspecified atom stereocenters. The molecule has 86 valence electrons. The first-order chi connectivity index (χ1) is 7.54. The number of rotatable bonds is 4. The molecule has 0 heterocycles. The molecule has 5 heteroatoms. The second-order valence-electron chi connectivity index (χ2n) is 3.24. The topological polar surface area (TPSA) is 55.1 Å². The summed E-state index contributed by atoms with van der Waals surface area (Å²) in [4.78, 5) is 11.6. The highest BCUT2D eigenvalue weighted by atomic mass is 127. The maximum absolute atomic E-state index is 11.6. The highest BCUT2D eigenvalue weighted by Gasteiger charge is 2.12. The van der Waals surface area contributed by atoms with Gasteiger partial charge in [-0.25, -0.2) is 0 Å². The highest BCUT2D eigenvalue weighted by Crippen LogP contribution is 2.22. The van der Waals surface area contributed by atoms with Crippen molar-refractivity contribution in [1.82, 2.24) is 0 Å². The van der Waals surface area contributed by atoms with E-state index in [-0.39, 0.29) is 5.91 Å². The lowest BCUT2D eigenvalue weighted by molar-refractivity contribution is -0.117. The van der Waals surface area contributed by atoms with Gasteiger partial charge in [0.1, 0.15) is 0 Å². The Morgan fingerprint density at radius 1 is 1.69 bits per heavy atom. The van der Waals surface area contributed by atoms with E-state index in [1.807, 2.05) is 0 Å². The van der Waals surface area contributed by atoms with Gasteiger partial charge in [-0.15, -0.1) is 6.58 Å². The molecule has 0 bridgehead atoms. The Hall–Kier alpha value is -0.590. The molecule has 1 amide bonds. The molecule has 3 nitrogen and oxygen atoms in total. The number of amides is 1. The number of anilines is 1. The van der Waals surface area contributed by atoms with Crippen molar-refractivity contribution in [3.05, 3.63) is 39.4 Å². The lowest BCUT2D eigenvalue weighted by Gasteiger charge is -2.11. The van der Waals surface area contributed by atoms with Crippen molar-refractivity contribution < 1.29 is 4.79 Å². The SMILES string of the molecule is C=CCC(N)C(=O)Nc1ccc(Cl)cc1I. The van der Waals surface area contributed by atoms with Crippen LogP contribution in [-0.2, 0) is 4.79 Å². The molecule has 0 aliphatic heterocycles. The zero-order chi connectivity index (χ0) is 12.1. The minimum atomic E-state index is -0.566. The minimum absolute atomic E-state index is 0.222. The first-order valence-electron chi connectivity index (χ1n) is 4.67. The molecule has 0 spiro atoms. The summed E-state index contributed by atoms with van der Waals surface area (Å²) in [5.41, 5.74) is 6.36. The molecular weight excluding hydrogens is 338 g/mol. The Morgan fingerprint density at radius 3 is 2.94 bits per heavy atom. The van der Waals surface area contributed by atoms with Gasteiger partial charge in [-0.05, 0) is 47.2 Å². The number of halogens is 2. The van der Waals surface area contributed by atoms with E-state index in [0.717, 1.165) is 9.26 Å². The fraction of sp³-hybridized carbons (Fsp3) is 0.182. The maximum atomic E-state index is 11.6. The van der Waals surface area contributed by atoms with Gasteiger partial charge in [0, 0.05) is 8.59 Å². The van der Waals surface area contributed by atoms with Crippen molar-refractivity contribution >= 4 is 45.8 Å². The monoisotopic (exact) mass is 350 g/mol. The van der Waals surface area contributed by atoms with Gasteiger partial charge in [-0.1, -0.05) is 17.7 Å². The van der Waals surface area contributed by atoms with Gasteiger partial charge in [-0.2, -0.15) is 0 Å². The predicted octanol–water partition coefficient (Wildman–Crippen LogP) is 2.79. The summed E-state index contributed by atoms with van der Waals surface area (Å²) in [5.74, 6) is -0.222. The van der Waals surface area contributed by atoms with Crippen molar-refractivity contribution in [2.75, 3.05) is 5.32 Å². The van der Waals surface area contributed by atoms with Crippen LogP contribution in [0.5, 0.6) is 0 Å². The zero-order valence-corrected chi connectivity index (χ0v) is 11.5. The second-order valence-corrected chi connectivity index (χ2v) is 4.84. The molecule has 1 atom stereocenters. The maximum Gasteiger partial charge on any atom is 0.241 e. The smallest absolute Gasteiger partial charge is 0.241 e. The van der Waals surface area contributed by atoms with Gasteiger partial charge in [-0.3, -0.25) is 4.79 Å². The number of carbonyl (C=O) groups excluding carboxylic acids is 1. The fourth-order valence-electron chi connectivity index (χ4n) is 1.10. The lowest BCUT2D eigenvalue weighted by atomic mass is 10.2. The molecule has 1 aromatic rings. The van der Waals surface area contributed by atoms with Gasteiger partial charge in [0.2, 0.25) is 5.91 Å². The van der Waals surface area contributed by atoms with Crippen molar-refractivity contribution in [3.63, 3.8) is 0 Å². The van der Waals surface area contributed by atoms with Gasteiger partial charge in [0.05, 0.1) is 11.7 Å². The molecule has 3 N–H and O–H groups in total. The molecule has 0 aliphatic rings. The molecule has 0 saturated carbocycles. The molecule has 0 saturated heterocycles. The molecule has 0 fully saturated rings. The van der Waals surface area contributed by atoms with Crippen molar-refractivity contribution in [2.24, 2.45) is 5.73 Å². The van der Waals surface area contributed by atoms with Crippen LogP contribution >= 0.6 is 34.2 Å². The van der Waals surface area contributed by atoms with Gasteiger partial charge >= 0.3 is 0 Å². The quantitative estimate of drug-likeness (QED) is 0.648. The van der Waals surface area contributed by atoms with E-state index >= 15 is 0 Å². The van der Waals surface area contributed by atoms with E-state index in [4.69, 9.17) is 17.3 Å². The summed E-state index contributed by atoms with van der Waals surface area (Å²) >= 11 is 7.91. The highest BCUT2D eigenvalue weighted by molar-refractivity contribution is 14.1. The zero-order valence-electron chi connectivity index (χ0n) is 8.54. The van der Waals surface area contributed by atoms with Gasteiger partial charge in [0.15, 0.2) is 0 Å². The second kappa shape index (κ2) is 6.22. The van der Waals surface area contributed by atoms with Crippen LogP contribution in [0, 0.1) is 3.57 Å². The number of hydrogen-bond donors (Lipinski definition) is 2. The average Bonchev–Trinajstić information content (AvgIpc) is 2.22. The van der Waals surface area contributed by atoms with Crippen LogP contribution in [0.3, 0.4) is 0 Å². The van der Waals surface area contributed by atoms with Crippen LogP contribution in [0.1, 0.15) is 6.42 Å². The van der Waals surface area contributed by atoms with E-state index in [9.17, 15) is 4.79 Å². The van der Waals surface area contributed by atoms with Gasteiger partial charge < -0.3 is 11.1 Å². The standard InChI is InChI=1S/C11H12ClIN2O/c1-2-3-9(14)11(16)15-10-5-4-7(12)6-8(10)13/h2,4-6,9H,1,3,14H2,(H,15,16). The summed E-state index contributed by atoms with van der Waals surface area (Å²) in [7, 11) is 0. The first-order valence-corrected chi connectivity index (χ1v) is 6.12. The third kappa shape index (κ3) is 3.77. The summed E-state index contributed by atoms with van der Waals surface area (Å²) in [6.07, 6.45) is 2.08. The Bertz CT molecular complexity index is 409. The number of benzene rings is 1. The lowest BCUT2D eigenvalue weighted by Crippen LogP contribution is -2.35. The van der Waals surface area contributed by atoms with Crippen molar-refractivity contribution in [1.29, 1.82) is 0 Å². The van der Waals surface area contributed by atoms with E-state index < -0.39 is 6.04 Å². The molecule has 1 aromatic carbocycles. The molecule has 0 radical (unpaired) electrons. The summed E-state index contributed by atoms with van der Waals surface area (Å²) in [6, 6.07) is 4.68. The number of nitrogens with two attached hydrogens (primary N) is 1. The van der Waals surface area contributed by atoms with Crippen LogP contribution in [0.2, 0.25) is 5.02 Å². The predicted molar refractivity (Wildman–Crippen MR) is 75.6 cm³/mol. The first kappa shape index (κ1) is 13.5. The molecule has 16 heavy (non-hydrogen) atoms. The summed E-state index contributed by atoms with van der Waals surface area (Å²) in [5, 5.41) is 3.38. The Balaban J connectivity index is 2.73. The van der Waals surface area contributed by atoms with Crippen LogP contribution < -0.4 is 11.1 Å². The molecule has 0 aliphatic carbocycles. The number of carbonyl (C=O) groups is 1. The van der Waals surface area contributed by atoms with Crippen molar-refractivity contribution in [2.45, 2.75) is 12.5 Å².